The average molecular weight is 334 g/mol. The second kappa shape index (κ2) is 6.42. The van der Waals surface area contributed by atoms with Crippen molar-refractivity contribution in [1.29, 1.82) is 0 Å². The Morgan fingerprint density at radius 1 is 1.00 bits per heavy atom. The standard InChI is InChI=1S/C17H20BrNO/c1-11-4-5-12(2)15(6-11)10-20-17-13(3)7-16(18)8-14(17)9-19/h4-8H,9-10,19H2,1-3H3. The van der Waals surface area contributed by atoms with Crippen LogP contribution in [0.1, 0.15) is 27.8 Å². The van der Waals surface area contributed by atoms with E-state index in [1.807, 2.05) is 13.0 Å². The SMILES string of the molecule is Cc1ccc(C)c(COc2c(C)cc(Br)cc2CN)c1. The molecule has 0 amide bonds. The van der Waals surface area contributed by atoms with Crippen molar-refractivity contribution >= 4 is 15.9 Å². The van der Waals surface area contributed by atoms with E-state index in [9.17, 15) is 0 Å². The molecule has 0 spiro atoms. The summed E-state index contributed by atoms with van der Waals surface area (Å²) >= 11 is 3.49. The molecule has 0 heterocycles. The molecule has 2 N–H and O–H groups in total. The molecule has 0 aliphatic carbocycles. The Morgan fingerprint density at radius 3 is 2.45 bits per heavy atom. The molecular formula is C17H20BrNO. The highest BCUT2D eigenvalue weighted by atomic mass is 79.9. The van der Waals surface area contributed by atoms with Crippen LogP contribution in [0.15, 0.2) is 34.8 Å². The second-order valence-electron chi connectivity index (χ2n) is 5.13. The van der Waals surface area contributed by atoms with Gasteiger partial charge in [-0.2, -0.15) is 0 Å². The zero-order valence-electron chi connectivity index (χ0n) is 12.2. The maximum atomic E-state index is 6.03. The summed E-state index contributed by atoms with van der Waals surface area (Å²) in [4.78, 5) is 0. The number of hydrogen-bond donors (Lipinski definition) is 1. The third-order valence-corrected chi connectivity index (χ3v) is 3.87. The minimum atomic E-state index is 0.475. The zero-order valence-corrected chi connectivity index (χ0v) is 13.8. The fourth-order valence-electron chi connectivity index (χ4n) is 2.26. The molecule has 20 heavy (non-hydrogen) atoms. The van der Waals surface area contributed by atoms with Gasteiger partial charge in [0.2, 0.25) is 0 Å². The van der Waals surface area contributed by atoms with Gasteiger partial charge in [-0.05, 0) is 49.6 Å². The number of benzene rings is 2. The minimum absolute atomic E-state index is 0.475. The third kappa shape index (κ3) is 3.41. The van der Waals surface area contributed by atoms with Gasteiger partial charge in [-0.15, -0.1) is 0 Å². The Balaban J connectivity index is 2.25. The van der Waals surface area contributed by atoms with E-state index in [1.165, 1.54) is 16.7 Å². The maximum absolute atomic E-state index is 6.03. The predicted octanol–water partition coefficient (Wildman–Crippen LogP) is 4.41. The summed E-state index contributed by atoms with van der Waals surface area (Å²) in [7, 11) is 0. The Labute approximate surface area is 129 Å². The summed E-state index contributed by atoms with van der Waals surface area (Å²) in [5, 5.41) is 0. The van der Waals surface area contributed by atoms with Crippen molar-refractivity contribution in [3.8, 4) is 5.75 Å². The molecule has 0 saturated heterocycles. The summed E-state index contributed by atoms with van der Waals surface area (Å²) in [6.07, 6.45) is 0. The van der Waals surface area contributed by atoms with E-state index in [0.717, 1.165) is 21.3 Å². The van der Waals surface area contributed by atoms with Crippen LogP contribution < -0.4 is 10.5 Å². The Morgan fingerprint density at radius 2 is 1.75 bits per heavy atom. The number of nitrogens with two attached hydrogens (primary N) is 1. The Bertz CT molecular complexity index is 623. The van der Waals surface area contributed by atoms with Gasteiger partial charge < -0.3 is 10.5 Å². The van der Waals surface area contributed by atoms with Crippen LogP contribution in [-0.4, -0.2) is 0 Å². The van der Waals surface area contributed by atoms with Crippen molar-refractivity contribution in [3.63, 3.8) is 0 Å². The first-order chi connectivity index (χ1) is 9.51. The summed E-state index contributed by atoms with van der Waals surface area (Å²) in [6.45, 7) is 7.29. The first-order valence-corrected chi connectivity index (χ1v) is 7.48. The van der Waals surface area contributed by atoms with Crippen molar-refractivity contribution in [2.45, 2.75) is 33.9 Å². The fourth-order valence-corrected chi connectivity index (χ4v) is 2.88. The second-order valence-corrected chi connectivity index (χ2v) is 6.05. The monoisotopic (exact) mass is 333 g/mol. The highest BCUT2D eigenvalue weighted by Crippen LogP contribution is 2.28. The molecular weight excluding hydrogens is 314 g/mol. The maximum Gasteiger partial charge on any atom is 0.127 e. The van der Waals surface area contributed by atoms with E-state index in [0.29, 0.717) is 13.2 Å². The van der Waals surface area contributed by atoms with Gasteiger partial charge in [0.05, 0.1) is 0 Å². The van der Waals surface area contributed by atoms with Gasteiger partial charge in [0.15, 0.2) is 0 Å². The van der Waals surface area contributed by atoms with Gasteiger partial charge in [0, 0.05) is 16.6 Å². The number of halogens is 1. The summed E-state index contributed by atoms with van der Waals surface area (Å²) < 4.78 is 7.07. The van der Waals surface area contributed by atoms with E-state index >= 15 is 0 Å². The largest absolute Gasteiger partial charge is 0.488 e. The molecule has 0 aliphatic heterocycles. The third-order valence-electron chi connectivity index (χ3n) is 3.41. The summed E-state index contributed by atoms with van der Waals surface area (Å²) in [5.74, 6) is 0.900. The number of hydrogen-bond acceptors (Lipinski definition) is 2. The van der Waals surface area contributed by atoms with Crippen molar-refractivity contribution in [2.24, 2.45) is 5.73 Å². The molecule has 0 atom stereocenters. The molecule has 3 heteroatoms. The first kappa shape index (κ1) is 15.1. The number of aryl methyl sites for hydroxylation is 3. The highest BCUT2D eigenvalue weighted by Gasteiger charge is 2.09. The van der Waals surface area contributed by atoms with E-state index in [-0.39, 0.29) is 0 Å². The molecule has 2 aromatic rings. The van der Waals surface area contributed by atoms with E-state index in [2.05, 4.69) is 54.0 Å². The van der Waals surface area contributed by atoms with Crippen molar-refractivity contribution in [3.05, 3.63) is 62.6 Å². The lowest BCUT2D eigenvalue weighted by Crippen LogP contribution is -2.05. The molecule has 0 fully saturated rings. The molecule has 2 aromatic carbocycles. The van der Waals surface area contributed by atoms with Gasteiger partial charge in [-0.3, -0.25) is 0 Å². The molecule has 2 nitrogen and oxygen atoms in total. The fraction of sp³-hybridized carbons (Fsp3) is 0.294. The lowest BCUT2D eigenvalue weighted by Gasteiger charge is -2.15. The van der Waals surface area contributed by atoms with Crippen LogP contribution in [0.2, 0.25) is 0 Å². The van der Waals surface area contributed by atoms with Crippen LogP contribution in [0.25, 0.3) is 0 Å². The average Bonchev–Trinajstić information content (AvgIpc) is 2.40. The first-order valence-electron chi connectivity index (χ1n) is 6.69. The molecule has 0 aliphatic rings. The number of rotatable bonds is 4. The molecule has 106 valence electrons. The van der Waals surface area contributed by atoms with Gasteiger partial charge in [0.25, 0.3) is 0 Å². The van der Waals surface area contributed by atoms with Crippen LogP contribution in [0.5, 0.6) is 5.75 Å². The molecule has 2 rings (SSSR count). The topological polar surface area (TPSA) is 35.2 Å². The highest BCUT2D eigenvalue weighted by molar-refractivity contribution is 9.10. The summed E-state index contributed by atoms with van der Waals surface area (Å²) in [6, 6.07) is 10.5. The van der Waals surface area contributed by atoms with Gasteiger partial charge in [0.1, 0.15) is 12.4 Å². The Kier molecular flexibility index (Phi) is 4.84. The summed E-state index contributed by atoms with van der Waals surface area (Å²) in [5.41, 5.74) is 11.7. The predicted molar refractivity (Wildman–Crippen MR) is 87.0 cm³/mol. The lowest BCUT2D eigenvalue weighted by atomic mass is 10.1. The van der Waals surface area contributed by atoms with Crippen molar-refractivity contribution in [1.82, 2.24) is 0 Å². The molecule has 0 aromatic heterocycles. The minimum Gasteiger partial charge on any atom is -0.488 e. The number of ether oxygens (including phenoxy) is 1. The molecule has 0 radical (unpaired) electrons. The molecule has 0 saturated carbocycles. The molecule has 0 unspecified atom stereocenters. The van der Waals surface area contributed by atoms with Gasteiger partial charge in [-0.25, -0.2) is 0 Å². The van der Waals surface area contributed by atoms with Crippen molar-refractivity contribution < 1.29 is 4.74 Å². The quantitative estimate of drug-likeness (QED) is 0.899. The van der Waals surface area contributed by atoms with Crippen LogP contribution in [0.4, 0.5) is 0 Å². The van der Waals surface area contributed by atoms with Gasteiger partial charge >= 0.3 is 0 Å². The Hall–Kier alpha value is -1.32. The molecule has 0 bridgehead atoms. The van der Waals surface area contributed by atoms with E-state index in [4.69, 9.17) is 10.5 Å². The van der Waals surface area contributed by atoms with Crippen LogP contribution in [0, 0.1) is 20.8 Å². The van der Waals surface area contributed by atoms with E-state index < -0.39 is 0 Å². The van der Waals surface area contributed by atoms with Crippen LogP contribution >= 0.6 is 15.9 Å². The van der Waals surface area contributed by atoms with Gasteiger partial charge in [-0.1, -0.05) is 39.7 Å². The lowest BCUT2D eigenvalue weighted by molar-refractivity contribution is 0.300. The van der Waals surface area contributed by atoms with Crippen LogP contribution in [0.3, 0.4) is 0 Å². The normalized spacial score (nSPS) is 10.7. The van der Waals surface area contributed by atoms with E-state index in [1.54, 1.807) is 0 Å². The van der Waals surface area contributed by atoms with Crippen molar-refractivity contribution in [2.75, 3.05) is 0 Å². The smallest absolute Gasteiger partial charge is 0.127 e. The van der Waals surface area contributed by atoms with Crippen LogP contribution in [-0.2, 0) is 13.2 Å². The zero-order chi connectivity index (χ0) is 14.7.